The highest BCUT2D eigenvalue weighted by molar-refractivity contribution is 7.78. The average molecular weight is 607 g/mol. The minimum Gasteiger partial charge on any atom is -0.772 e. The summed E-state index contributed by atoms with van der Waals surface area (Å²) in [6.07, 6.45) is -10.9. The number of benzene rings is 2. The maximum atomic E-state index is 14.2. The number of ether oxygens (including phenoxy) is 1. The van der Waals surface area contributed by atoms with Gasteiger partial charge in [0.1, 0.15) is 6.04 Å². The Labute approximate surface area is 233 Å². The SMILES string of the molecule is COC1(CNC(c2ccc(NC(=O)C3c4ccc(CS(=O)[O-])cc4CN3C(C)=O)cc2)(C(F)(F)F)C(F)(F)F)CC1. The van der Waals surface area contributed by atoms with E-state index in [0.29, 0.717) is 41.7 Å². The molecule has 0 bridgehead atoms. The van der Waals surface area contributed by atoms with Crippen molar-refractivity contribution >= 4 is 28.6 Å². The number of amides is 2. The lowest BCUT2D eigenvalue weighted by Crippen LogP contribution is -2.64. The van der Waals surface area contributed by atoms with Gasteiger partial charge in [0, 0.05) is 38.6 Å². The van der Waals surface area contributed by atoms with Crippen LogP contribution in [0.4, 0.5) is 32.0 Å². The second-order valence-corrected chi connectivity index (χ2v) is 11.0. The molecule has 2 atom stereocenters. The molecule has 15 heteroatoms. The maximum absolute atomic E-state index is 14.2. The molecule has 2 aliphatic rings. The molecular weight excluding hydrogens is 580 g/mol. The molecule has 2 aromatic rings. The monoisotopic (exact) mass is 606 g/mol. The van der Waals surface area contributed by atoms with Gasteiger partial charge in [-0.2, -0.15) is 26.3 Å². The van der Waals surface area contributed by atoms with Crippen LogP contribution in [-0.4, -0.2) is 57.1 Å². The van der Waals surface area contributed by atoms with Crippen molar-refractivity contribution in [3.63, 3.8) is 0 Å². The predicted molar refractivity (Wildman–Crippen MR) is 134 cm³/mol. The Balaban J connectivity index is 1.61. The molecule has 1 aliphatic carbocycles. The number of fused-ring (bicyclic) bond motifs is 1. The van der Waals surface area contributed by atoms with Crippen LogP contribution in [0.25, 0.3) is 0 Å². The topological polar surface area (TPSA) is 111 Å². The summed E-state index contributed by atoms with van der Waals surface area (Å²) in [6.45, 7) is 0.551. The van der Waals surface area contributed by atoms with Gasteiger partial charge in [-0.05, 0) is 47.2 Å². The van der Waals surface area contributed by atoms with Gasteiger partial charge in [0.25, 0.3) is 5.91 Å². The van der Waals surface area contributed by atoms with Gasteiger partial charge in [0.2, 0.25) is 11.4 Å². The number of nitrogens with zero attached hydrogens (tertiary/aromatic N) is 1. The Morgan fingerprint density at radius 2 is 1.68 bits per heavy atom. The van der Waals surface area contributed by atoms with Crippen molar-refractivity contribution in [1.82, 2.24) is 10.2 Å². The van der Waals surface area contributed by atoms with Crippen LogP contribution in [0.5, 0.6) is 0 Å². The summed E-state index contributed by atoms with van der Waals surface area (Å²) < 4.78 is 112. The number of rotatable bonds is 9. The van der Waals surface area contributed by atoms with Gasteiger partial charge in [0.05, 0.1) is 5.60 Å². The zero-order chi connectivity index (χ0) is 30.4. The molecule has 2 amide bonds. The van der Waals surface area contributed by atoms with Crippen molar-refractivity contribution in [3.8, 4) is 0 Å². The lowest BCUT2D eigenvalue weighted by Gasteiger charge is -2.39. The van der Waals surface area contributed by atoms with Crippen LogP contribution in [0.2, 0.25) is 0 Å². The van der Waals surface area contributed by atoms with Gasteiger partial charge >= 0.3 is 12.4 Å². The summed E-state index contributed by atoms with van der Waals surface area (Å²) in [6, 6.07) is 6.52. The number of carbonyl (C=O) groups is 2. The van der Waals surface area contributed by atoms with Gasteiger partial charge in [-0.15, -0.1) is 0 Å². The van der Waals surface area contributed by atoms with Crippen molar-refractivity contribution in [2.75, 3.05) is 19.0 Å². The van der Waals surface area contributed by atoms with Crippen LogP contribution in [0, 0.1) is 0 Å². The number of carbonyl (C=O) groups excluding carboxylic acids is 2. The first-order chi connectivity index (χ1) is 19.0. The first-order valence-corrected chi connectivity index (χ1v) is 13.6. The molecule has 224 valence electrons. The minimum atomic E-state index is -5.77. The Morgan fingerprint density at radius 1 is 1.07 bits per heavy atom. The van der Waals surface area contributed by atoms with E-state index >= 15 is 0 Å². The van der Waals surface area contributed by atoms with Crippen LogP contribution in [-0.2, 0) is 43.2 Å². The number of hydrogen-bond acceptors (Lipinski definition) is 6. The number of alkyl halides is 6. The summed E-state index contributed by atoms with van der Waals surface area (Å²) in [5, 5.41) is 4.14. The standard InChI is InChI=1S/C26H27F6N3O5S/c1-15(36)35-12-17-11-16(13-41(38)39)3-8-20(17)21(35)22(37)34-19-6-4-18(5-7-19)24(25(27,28)29,26(30,31)32)33-14-23(40-2)9-10-23/h3-8,11,21,33H,9-10,12-14H2,1-2H3,(H,34,37)(H,38,39)/p-1. The predicted octanol–water partition coefficient (Wildman–Crippen LogP) is 4.20. The third-order valence-corrected chi connectivity index (χ3v) is 8.01. The summed E-state index contributed by atoms with van der Waals surface area (Å²) in [5.74, 6) is -1.49. The minimum absolute atomic E-state index is 0.00927. The summed E-state index contributed by atoms with van der Waals surface area (Å²) in [4.78, 5) is 26.7. The van der Waals surface area contributed by atoms with Crippen LogP contribution in [0.15, 0.2) is 42.5 Å². The van der Waals surface area contributed by atoms with Crippen molar-refractivity contribution in [1.29, 1.82) is 0 Å². The van der Waals surface area contributed by atoms with Crippen molar-refractivity contribution in [2.24, 2.45) is 0 Å². The molecule has 0 aromatic heterocycles. The van der Waals surface area contributed by atoms with E-state index in [0.717, 1.165) is 12.1 Å². The van der Waals surface area contributed by atoms with Gasteiger partial charge in [0.15, 0.2) is 0 Å². The first kappa shape index (κ1) is 30.9. The van der Waals surface area contributed by atoms with E-state index < -0.39 is 64.5 Å². The van der Waals surface area contributed by atoms with E-state index in [1.165, 1.54) is 31.1 Å². The van der Waals surface area contributed by atoms with Crippen LogP contribution in [0.3, 0.4) is 0 Å². The molecule has 1 saturated carbocycles. The molecule has 4 rings (SSSR count). The number of halogens is 6. The highest BCUT2D eigenvalue weighted by Gasteiger charge is 2.72. The smallest absolute Gasteiger partial charge is 0.419 e. The number of methoxy groups -OCH3 is 1. The van der Waals surface area contributed by atoms with E-state index in [-0.39, 0.29) is 18.0 Å². The number of nitrogens with one attached hydrogen (secondary N) is 2. The van der Waals surface area contributed by atoms with E-state index in [9.17, 15) is 44.7 Å². The van der Waals surface area contributed by atoms with Crippen LogP contribution < -0.4 is 10.6 Å². The molecule has 0 spiro atoms. The zero-order valence-electron chi connectivity index (χ0n) is 21.8. The number of anilines is 1. The number of hydrogen-bond donors (Lipinski definition) is 2. The van der Waals surface area contributed by atoms with Crippen molar-refractivity contribution < 1.29 is 49.4 Å². The first-order valence-electron chi connectivity index (χ1n) is 12.3. The molecule has 2 aromatic carbocycles. The molecule has 1 heterocycles. The fraction of sp³-hybridized carbons (Fsp3) is 0.462. The lowest BCUT2D eigenvalue weighted by atomic mass is 9.87. The van der Waals surface area contributed by atoms with Gasteiger partial charge in [-0.3, -0.25) is 19.1 Å². The second-order valence-electron chi connectivity index (χ2n) is 10.1. The van der Waals surface area contributed by atoms with E-state index in [1.807, 2.05) is 0 Å². The van der Waals surface area contributed by atoms with Crippen molar-refractivity contribution in [3.05, 3.63) is 64.7 Å². The average Bonchev–Trinajstić information content (AvgIpc) is 3.54. The fourth-order valence-electron chi connectivity index (χ4n) is 5.00. The van der Waals surface area contributed by atoms with Crippen LogP contribution in [0.1, 0.15) is 48.1 Å². The second kappa shape index (κ2) is 11.0. The fourth-order valence-corrected chi connectivity index (χ4v) is 5.45. The largest absolute Gasteiger partial charge is 0.772 e. The molecule has 0 saturated heterocycles. The Kier molecular flexibility index (Phi) is 8.30. The Hall–Kier alpha value is -3.01. The van der Waals surface area contributed by atoms with Gasteiger partial charge in [-0.25, -0.2) is 0 Å². The summed E-state index contributed by atoms with van der Waals surface area (Å²) >= 11 is -2.36. The summed E-state index contributed by atoms with van der Waals surface area (Å²) in [7, 11) is 1.22. The zero-order valence-corrected chi connectivity index (χ0v) is 22.6. The maximum Gasteiger partial charge on any atom is 0.419 e. The molecule has 8 nitrogen and oxygen atoms in total. The highest BCUT2D eigenvalue weighted by atomic mass is 32.2. The van der Waals surface area contributed by atoms with Crippen molar-refractivity contribution in [2.45, 2.75) is 61.6 Å². The Morgan fingerprint density at radius 3 is 2.17 bits per heavy atom. The third kappa shape index (κ3) is 5.98. The quantitative estimate of drug-likeness (QED) is 0.327. The molecule has 1 aliphatic heterocycles. The highest BCUT2D eigenvalue weighted by Crippen LogP contribution is 2.51. The van der Waals surface area contributed by atoms with Gasteiger partial charge in [-0.1, -0.05) is 41.4 Å². The van der Waals surface area contributed by atoms with E-state index in [1.54, 1.807) is 11.4 Å². The molecule has 2 N–H and O–H groups in total. The summed E-state index contributed by atoms with van der Waals surface area (Å²) in [5.41, 5.74) is -5.32. The van der Waals surface area contributed by atoms with E-state index in [2.05, 4.69) is 5.32 Å². The lowest BCUT2D eigenvalue weighted by molar-refractivity contribution is -0.315. The van der Waals surface area contributed by atoms with Gasteiger partial charge < -0.3 is 19.5 Å². The van der Waals surface area contributed by atoms with E-state index in [4.69, 9.17) is 4.74 Å². The molecule has 2 unspecified atom stereocenters. The normalized spacial score (nSPS) is 19.0. The molecule has 0 radical (unpaired) electrons. The Bertz CT molecular complexity index is 1330. The molecular formula is C26H26F6N3O5S-. The van der Waals surface area contributed by atoms with Crippen LogP contribution >= 0.6 is 0 Å². The third-order valence-electron chi connectivity index (χ3n) is 7.44. The molecule has 1 fully saturated rings. The molecule has 41 heavy (non-hydrogen) atoms.